The number of nitrogens with zero attached hydrogens (tertiary/aromatic N) is 5. The SMILES string of the molecule is CN1C(=O)[C@H](C2CC2)[C@@](C)(c2cnn(-c3cccc(C#N)c3)c2)N=C1N. The average Bonchev–Trinajstić information content (AvgIpc) is 3.33. The second-order valence-electron chi connectivity index (χ2n) is 7.17. The summed E-state index contributed by atoms with van der Waals surface area (Å²) in [6.07, 6.45) is 5.69. The highest BCUT2D eigenvalue weighted by molar-refractivity contribution is 6.00. The Labute approximate surface area is 151 Å². The third kappa shape index (κ3) is 2.46. The van der Waals surface area contributed by atoms with Gasteiger partial charge in [-0.3, -0.25) is 9.69 Å². The van der Waals surface area contributed by atoms with Crippen LogP contribution < -0.4 is 5.73 Å². The van der Waals surface area contributed by atoms with Crippen LogP contribution in [0.3, 0.4) is 0 Å². The molecule has 1 aromatic carbocycles. The predicted octanol–water partition coefficient (Wildman–Crippen LogP) is 1.77. The molecule has 0 bridgehead atoms. The maximum absolute atomic E-state index is 12.9. The molecule has 26 heavy (non-hydrogen) atoms. The maximum atomic E-state index is 12.9. The molecule has 1 amide bonds. The molecule has 2 heterocycles. The molecule has 0 unspecified atom stereocenters. The maximum Gasteiger partial charge on any atom is 0.235 e. The molecule has 1 fully saturated rings. The highest BCUT2D eigenvalue weighted by Gasteiger charge is 2.53. The zero-order valence-corrected chi connectivity index (χ0v) is 14.8. The molecule has 2 aromatic rings. The van der Waals surface area contributed by atoms with Gasteiger partial charge < -0.3 is 5.73 Å². The fourth-order valence-electron chi connectivity index (χ4n) is 3.72. The fourth-order valence-corrected chi connectivity index (χ4v) is 3.72. The molecular weight excluding hydrogens is 328 g/mol. The smallest absolute Gasteiger partial charge is 0.235 e. The number of amides is 1. The third-order valence-electron chi connectivity index (χ3n) is 5.39. The number of benzene rings is 1. The number of nitrogens with two attached hydrogens (primary N) is 1. The van der Waals surface area contributed by atoms with E-state index in [1.807, 2.05) is 25.3 Å². The highest BCUT2D eigenvalue weighted by atomic mass is 16.2. The summed E-state index contributed by atoms with van der Waals surface area (Å²) < 4.78 is 1.71. The molecule has 0 radical (unpaired) electrons. The lowest BCUT2D eigenvalue weighted by molar-refractivity contribution is -0.135. The molecule has 1 saturated carbocycles. The molecule has 7 nitrogen and oxygen atoms in total. The molecule has 2 atom stereocenters. The van der Waals surface area contributed by atoms with Crippen LogP contribution in [0, 0.1) is 23.2 Å². The first-order valence-corrected chi connectivity index (χ1v) is 8.62. The third-order valence-corrected chi connectivity index (χ3v) is 5.39. The van der Waals surface area contributed by atoms with Crippen LogP contribution in [0.4, 0.5) is 0 Å². The van der Waals surface area contributed by atoms with Crippen molar-refractivity contribution in [3.05, 3.63) is 47.8 Å². The van der Waals surface area contributed by atoms with Gasteiger partial charge in [-0.2, -0.15) is 10.4 Å². The van der Waals surface area contributed by atoms with Crippen LogP contribution in [0.1, 0.15) is 30.9 Å². The van der Waals surface area contributed by atoms with Crippen LogP contribution in [0.5, 0.6) is 0 Å². The van der Waals surface area contributed by atoms with Crippen LogP contribution in [0.15, 0.2) is 41.7 Å². The zero-order chi connectivity index (χ0) is 18.5. The largest absolute Gasteiger partial charge is 0.369 e. The summed E-state index contributed by atoms with van der Waals surface area (Å²) >= 11 is 0. The van der Waals surface area contributed by atoms with Crippen molar-refractivity contribution < 1.29 is 4.79 Å². The van der Waals surface area contributed by atoms with Gasteiger partial charge in [-0.05, 0) is 43.9 Å². The summed E-state index contributed by atoms with van der Waals surface area (Å²) in [5.41, 5.74) is 7.48. The number of carbonyl (C=O) groups is 1. The van der Waals surface area contributed by atoms with Crippen molar-refractivity contribution in [1.29, 1.82) is 5.26 Å². The van der Waals surface area contributed by atoms with Gasteiger partial charge in [0.25, 0.3) is 0 Å². The number of rotatable bonds is 3. The Kier molecular flexibility index (Phi) is 3.58. The average molecular weight is 348 g/mol. The summed E-state index contributed by atoms with van der Waals surface area (Å²) in [4.78, 5) is 19.0. The van der Waals surface area contributed by atoms with E-state index >= 15 is 0 Å². The normalized spacial score (nSPS) is 25.7. The van der Waals surface area contributed by atoms with Crippen LogP contribution in [0.2, 0.25) is 0 Å². The van der Waals surface area contributed by atoms with Gasteiger partial charge in [0, 0.05) is 18.8 Å². The van der Waals surface area contributed by atoms with E-state index in [0.717, 1.165) is 24.1 Å². The minimum Gasteiger partial charge on any atom is -0.369 e. The second-order valence-corrected chi connectivity index (χ2v) is 7.17. The van der Waals surface area contributed by atoms with Crippen molar-refractivity contribution >= 4 is 11.9 Å². The molecule has 1 aliphatic heterocycles. The topological polar surface area (TPSA) is 100 Å². The summed E-state index contributed by atoms with van der Waals surface area (Å²) in [5.74, 6) is 0.343. The summed E-state index contributed by atoms with van der Waals surface area (Å²) in [5, 5.41) is 13.5. The Morgan fingerprint density at radius 3 is 2.85 bits per heavy atom. The monoisotopic (exact) mass is 348 g/mol. The van der Waals surface area contributed by atoms with E-state index in [1.54, 1.807) is 30.1 Å². The summed E-state index contributed by atoms with van der Waals surface area (Å²) in [6, 6.07) is 9.36. The van der Waals surface area contributed by atoms with Crippen molar-refractivity contribution in [2.75, 3.05) is 7.05 Å². The van der Waals surface area contributed by atoms with Crippen molar-refractivity contribution in [3.63, 3.8) is 0 Å². The Balaban J connectivity index is 1.77. The Bertz CT molecular complexity index is 951. The minimum atomic E-state index is -0.736. The van der Waals surface area contributed by atoms with Crippen LogP contribution in [-0.2, 0) is 10.3 Å². The van der Waals surface area contributed by atoms with Gasteiger partial charge in [0.05, 0.1) is 29.4 Å². The fraction of sp³-hybridized carbons (Fsp3) is 0.368. The molecule has 2 N–H and O–H groups in total. The minimum absolute atomic E-state index is 0.0155. The highest BCUT2D eigenvalue weighted by Crippen LogP contribution is 2.50. The molecule has 1 aliphatic carbocycles. The van der Waals surface area contributed by atoms with E-state index in [4.69, 9.17) is 16.0 Å². The Morgan fingerprint density at radius 1 is 1.38 bits per heavy atom. The van der Waals surface area contributed by atoms with Crippen molar-refractivity contribution in [3.8, 4) is 11.8 Å². The zero-order valence-electron chi connectivity index (χ0n) is 14.8. The van der Waals surface area contributed by atoms with Gasteiger partial charge in [-0.25, -0.2) is 9.67 Å². The molecular formula is C19H20N6O. The first kappa shape index (κ1) is 16.3. The molecule has 132 valence electrons. The van der Waals surface area contributed by atoms with Crippen LogP contribution >= 0.6 is 0 Å². The molecule has 0 saturated heterocycles. The number of hydrogen-bond donors (Lipinski definition) is 1. The number of carbonyl (C=O) groups excluding carboxylic acids is 1. The Hall–Kier alpha value is -3.14. The lowest BCUT2D eigenvalue weighted by Crippen LogP contribution is -2.54. The number of nitriles is 1. The number of guanidine groups is 1. The van der Waals surface area contributed by atoms with Gasteiger partial charge in [0.15, 0.2) is 5.96 Å². The first-order valence-electron chi connectivity index (χ1n) is 8.62. The van der Waals surface area contributed by atoms with Crippen LogP contribution in [-0.4, -0.2) is 33.6 Å². The van der Waals surface area contributed by atoms with Gasteiger partial charge in [0.2, 0.25) is 5.91 Å². The molecule has 4 rings (SSSR count). The first-order chi connectivity index (χ1) is 12.4. The van der Waals surface area contributed by atoms with Gasteiger partial charge in [-0.1, -0.05) is 6.07 Å². The molecule has 1 aromatic heterocycles. The van der Waals surface area contributed by atoms with Crippen molar-refractivity contribution in [2.24, 2.45) is 22.6 Å². The lowest BCUT2D eigenvalue weighted by atomic mass is 9.76. The molecule has 7 heteroatoms. The van der Waals surface area contributed by atoms with Crippen LogP contribution in [0.25, 0.3) is 5.69 Å². The van der Waals surface area contributed by atoms with E-state index in [1.165, 1.54) is 4.90 Å². The predicted molar refractivity (Wildman–Crippen MR) is 96.2 cm³/mol. The van der Waals surface area contributed by atoms with E-state index in [9.17, 15) is 4.79 Å². The summed E-state index contributed by atoms with van der Waals surface area (Å²) in [7, 11) is 1.67. The van der Waals surface area contributed by atoms with Gasteiger partial charge in [0.1, 0.15) is 5.54 Å². The molecule has 0 spiro atoms. The van der Waals surface area contributed by atoms with E-state index < -0.39 is 5.54 Å². The van der Waals surface area contributed by atoms with E-state index in [0.29, 0.717) is 11.5 Å². The lowest BCUT2D eigenvalue weighted by Gasteiger charge is -2.40. The number of aliphatic imine (C=N–C) groups is 1. The van der Waals surface area contributed by atoms with Crippen molar-refractivity contribution in [2.45, 2.75) is 25.3 Å². The van der Waals surface area contributed by atoms with Crippen molar-refractivity contribution in [1.82, 2.24) is 14.7 Å². The van der Waals surface area contributed by atoms with Gasteiger partial charge in [-0.15, -0.1) is 0 Å². The standard InChI is InChI=1S/C19H20N6O/c1-19(16(13-6-7-13)17(26)24(2)18(21)23-19)14-10-22-25(11-14)15-5-3-4-12(8-15)9-20/h3-5,8,10-11,13,16H,6-7H2,1-2H3,(H2,21,23)/t16-,19+/m0/s1. The quantitative estimate of drug-likeness (QED) is 0.913. The van der Waals surface area contributed by atoms with E-state index in [-0.39, 0.29) is 17.8 Å². The number of aromatic nitrogens is 2. The molecule has 2 aliphatic rings. The summed E-state index contributed by atoms with van der Waals surface area (Å²) in [6.45, 7) is 1.96. The Morgan fingerprint density at radius 2 is 2.15 bits per heavy atom. The second kappa shape index (κ2) is 5.70. The van der Waals surface area contributed by atoms with E-state index in [2.05, 4.69) is 11.2 Å². The number of hydrogen-bond acceptors (Lipinski definition) is 5. The van der Waals surface area contributed by atoms with Gasteiger partial charge >= 0.3 is 0 Å².